The van der Waals surface area contributed by atoms with Crippen molar-refractivity contribution in [3.8, 4) is 0 Å². The first-order valence-corrected chi connectivity index (χ1v) is 7.36. The zero-order chi connectivity index (χ0) is 21.4. The largest absolute Gasteiger partial charge is 0.478 e. The predicted molar refractivity (Wildman–Crippen MR) is 81.1 cm³/mol. The van der Waals surface area contributed by atoms with Gasteiger partial charge < -0.3 is 5.11 Å². The molecule has 2 aromatic carbocycles. The van der Waals surface area contributed by atoms with Crippen LogP contribution >= 0.6 is 0 Å². The summed E-state index contributed by atoms with van der Waals surface area (Å²) in [5.74, 6) is -18.5. The van der Waals surface area contributed by atoms with Gasteiger partial charge >= 0.3 is 5.97 Å². The van der Waals surface area contributed by atoms with Crippen LogP contribution in [0.2, 0.25) is 0 Å². The number of hydrogen-bond donors (Lipinski definition) is 1. The molecule has 0 aliphatic rings. The van der Waals surface area contributed by atoms with E-state index in [1.165, 1.54) is 0 Å². The third-order valence-electron chi connectivity index (χ3n) is 3.79. The lowest BCUT2D eigenvalue weighted by Gasteiger charge is -2.23. The number of benzene rings is 2. The van der Waals surface area contributed by atoms with E-state index in [1.807, 2.05) is 0 Å². The number of carbonyl (C=O) groups excluding carboxylic acids is 1. The number of ketones is 1. The van der Waals surface area contributed by atoms with E-state index in [2.05, 4.69) is 0 Å². The van der Waals surface area contributed by atoms with Crippen molar-refractivity contribution in [2.45, 2.75) is 12.6 Å². The molecule has 0 fully saturated rings. The quantitative estimate of drug-likeness (QED) is 0.260. The Hall–Kier alpha value is -3.17. The van der Waals surface area contributed by atoms with Crippen molar-refractivity contribution in [3.63, 3.8) is 0 Å². The summed E-state index contributed by atoms with van der Waals surface area (Å²) < 4.78 is 97.6. The summed E-state index contributed by atoms with van der Waals surface area (Å²) in [6.07, 6.45) is 0.0220. The molecule has 0 aliphatic carbocycles. The third-order valence-corrected chi connectivity index (χ3v) is 3.79. The van der Waals surface area contributed by atoms with Crippen molar-refractivity contribution in [1.29, 1.82) is 0 Å². The van der Waals surface area contributed by atoms with Gasteiger partial charge in [-0.1, -0.05) is 18.2 Å². The van der Waals surface area contributed by atoms with Gasteiger partial charge in [0, 0.05) is 11.1 Å². The number of hydrogen-bond acceptors (Lipinski definition) is 2. The topological polar surface area (TPSA) is 54.4 Å². The highest BCUT2D eigenvalue weighted by Crippen LogP contribution is 2.37. The molecule has 2 aromatic rings. The van der Waals surface area contributed by atoms with E-state index in [1.54, 1.807) is 0 Å². The van der Waals surface area contributed by atoms with Crippen LogP contribution < -0.4 is 0 Å². The highest BCUT2D eigenvalue weighted by Gasteiger charge is 2.46. The molecule has 28 heavy (non-hydrogen) atoms. The molecule has 0 aromatic heterocycles. The van der Waals surface area contributed by atoms with E-state index in [9.17, 15) is 35.9 Å². The molecule has 0 heterocycles. The van der Waals surface area contributed by atoms with Crippen molar-refractivity contribution in [2.24, 2.45) is 0 Å². The summed E-state index contributed by atoms with van der Waals surface area (Å²) in [5.41, 5.74) is -8.12. The summed E-state index contributed by atoms with van der Waals surface area (Å²) in [4.78, 5) is 23.5. The van der Waals surface area contributed by atoms with E-state index in [-0.39, 0.29) is 6.08 Å². The lowest BCUT2D eigenvalue weighted by Crippen LogP contribution is -2.33. The molecule has 0 aliphatic heterocycles. The Morgan fingerprint density at radius 3 is 1.82 bits per heavy atom. The first-order valence-electron chi connectivity index (χ1n) is 7.36. The lowest BCUT2D eigenvalue weighted by molar-refractivity contribution is -0.132. The van der Waals surface area contributed by atoms with E-state index >= 15 is 4.39 Å². The molecule has 1 atom stereocenters. The zero-order valence-corrected chi connectivity index (χ0v) is 13.8. The molecule has 0 amide bonds. The Balaban J connectivity index is 2.88. The summed E-state index contributed by atoms with van der Waals surface area (Å²) in [5, 5.41) is 8.89. The third kappa shape index (κ3) is 3.37. The highest BCUT2D eigenvalue weighted by atomic mass is 19.2. The maximum Gasteiger partial charge on any atom is 0.331 e. The summed E-state index contributed by atoms with van der Waals surface area (Å²) in [6.45, 7) is 0.781. The van der Waals surface area contributed by atoms with Gasteiger partial charge in [-0.3, -0.25) is 4.79 Å². The number of aliphatic carboxylic acids is 1. The minimum Gasteiger partial charge on any atom is -0.478 e. The van der Waals surface area contributed by atoms with Gasteiger partial charge in [0.1, 0.15) is 5.82 Å². The van der Waals surface area contributed by atoms with Crippen molar-refractivity contribution < 1.29 is 45.4 Å². The normalized spacial score (nSPS) is 13.9. The average Bonchev–Trinajstić information content (AvgIpc) is 2.64. The molecule has 0 saturated heterocycles. The molecule has 2 rings (SSSR count). The second kappa shape index (κ2) is 7.45. The van der Waals surface area contributed by atoms with Crippen molar-refractivity contribution in [3.05, 3.63) is 81.9 Å². The van der Waals surface area contributed by atoms with Crippen LogP contribution in [0.3, 0.4) is 0 Å². The summed E-state index contributed by atoms with van der Waals surface area (Å²) >= 11 is 0. The monoisotopic (exact) mass is 406 g/mol. The molecule has 1 unspecified atom stereocenters. The predicted octanol–water partition coefficient (Wildman–Crippen LogP) is 4.60. The fourth-order valence-corrected chi connectivity index (χ4v) is 2.37. The molecule has 148 valence electrons. The van der Waals surface area contributed by atoms with Crippen molar-refractivity contribution in [1.82, 2.24) is 0 Å². The maximum atomic E-state index is 15.6. The van der Waals surface area contributed by atoms with E-state index in [4.69, 9.17) is 5.11 Å². The molecule has 1 N–H and O–H groups in total. The number of allylic oxidation sites excluding steroid dienone is 1. The highest BCUT2D eigenvalue weighted by molar-refractivity contribution is 6.05. The van der Waals surface area contributed by atoms with Crippen LogP contribution in [-0.4, -0.2) is 16.9 Å². The number of Topliss-reactive ketones (excluding diaryl/α,β-unsaturated/α-hetero) is 1. The fourth-order valence-electron chi connectivity index (χ4n) is 2.37. The second-order valence-corrected chi connectivity index (χ2v) is 5.60. The Bertz CT molecular complexity index is 987. The van der Waals surface area contributed by atoms with Gasteiger partial charge in [-0.15, -0.1) is 0 Å². The maximum absolute atomic E-state index is 15.6. The number of carbonyl (C=O) groups is 2. The number of halogens is 7. The van der Waals surface area contributed by atoms with Crippen LogP contribution in [0.1, 0.15) is 22.8 Å². The lowest BCUT2D eigenvalue weighted by atomic mass is 9.85. The van der Waals surface area contributed by atoms with Crippen LogP contribution in [0.5, 0.6) is 0 Å². The Morgan fingerprint density at radius 1 is 0.893 bits per heavy atom. The molecule has 0 bridgehead atoms. The van der Waals surface area contributed by atoms with Crippen LogP contribution in [0.25, 0.3) is 0 Å². The molecule has 0 spiro atoms. The smallest absolute Gasteiger partial charge is 0.331 e. The van der Waals surface area contributed by atoms with Crippen LogP contribution in [0.15, 0.2) is 35.9 Å². The van der Waals surface area contributed by atoms with Gasteiger partial charge in [0.25, 0.3) is 0 Å². The van der Waals surface area contributed by atoms with Crippen LogP contribution in [0, 0.1) is 34.9 Å². The van der Waals surface area contributed by atoms with E-state index < -0.39 is 69.0 Å². The van der Waals surface area contributed by atoms with Crippen LogP contribution in [-0.2, 0) is 10.5 Å². The van der Waals surface area contributed by atoms with Gasteiger partial charge in [-0.25, -0.2) is 35.5 Å². The first kappa shape index (κ1) is 21.1. The molecule has 10 heteroatoms. The number of carboxylic acid groups (broad SMARTS) is 1. The van der Waals surface area contributed by atoms with Crippen LogP contribution in [0.4, 0.5) is 30.7 Å². The minimum absolute atomic E-state index is 0.0220. The number of rotatable bonds is 5. The van der Waals surface area contributed by atoms with E-state index in [0.717, 1.165) is 19.1 Å². The van der Waals surface area contributed by atoms with Gasteiger partial charge in [0.15, 0.2) is 23.3 Å². The average molecular weight is 406 g/mol. The fraction of sp³-hybridized carbons (Fsp3) is 0.111. The van der Waals surface area contributed by atoms with Gasteiger partial charge in [-0.2, -0.15) is 0 Å². The minimum atomic E-state index is -3.88. The van der Waals surface area contributed by atoms with E-state index in [0.29, 0.717) is 12.1 Å². The molecular weight excluding hydrogens is 397 g/mol. The second-order valence-electron chi connectivity index (χ2n) is 5.60. The zero-order valence-electron chi connectivity index (χ0n) is 13.8. The molecule has 3 nitrogen and oxygen atoms in total. The van der Waals surface area contributed by atoms with Crippen molar-refractivity contribution >= 4 is 11.8 Å². The summed E-state index contributed by atoms with van der Waals surface area (Å²) in [6, 6.07) is 3.39. The Kier molecular flexibility index (Phi) is 5.62. The SMILES string of the molecule is CC(=CC(F)(C(=O)c1c(F)c(F)c(F)c(F)c1F)c1ccccc1F)C(=O)O. The number of alkyl halides is 1. The molecule has 0 saturated carbocycles. The standard InChI is InChI=1S/C18H9F7O3/c1-7(17(27)28)6-18(25,8-4-2-3-5-9(8)19)16(26)10-11(20)13(22)15(24)14(23)12(10)21/h2-6H,1H3,(H,27,28). The van der Waals surface area contributed by atoms with Gasteiger partial charge in [0.05, 0.1) is 5.56 Å². The Labute approximate surface area is 152 Å². The van der Waals surface area contributed by atoms with Gasteiger partial charge in [0.2, 0.25) is 17.3 Å². The number of carboxylic acids is 1. The first-order chi connectivity index (χ1) is 12.9. The molecular formula is C18H9F7O3. The molecule has 0 radical (unpaired) electrons. The summed E-state index contributed by atoms with van der Waals surface area (Å²) in [7, 11) is 0. The van der Waals surface area contributed by atoms with Crippen molar-refractivity contribution in [2.75, 3.05) is 0 Å². The Morgan fingerprint density at radius 2 is 1.36 bits per heavy atom. The van der Waals surface area contributed by atoms with Gasteiger partial charge in [-0.05, 0) is 19.1 Å².